The number of nitro groups is 1. The summed E-state index contributed by atoms with van der Waals surface area (Å²) in [4.78, 5) is 20.5. The Balaban J connectivity index is 2.98. The second-order valence-corrected chi connectivity index (χ2v) is 7.52. The molecule has 0 saturated carbocycles. The molecule has 0 amide bonds. The molecule has 110 valence electrons. The van der Waals surface area contributed by atoms with Crippen LogP contribution in [0.2, 0.25) is 0 Å². The maximum Gasteiger partial charge on any atom is 0.304 e. The third-order valence-electron chi connectivity index (χ3n) is 2.68. The Hall–Kier alpha value is -1.48. The number of benzene rings is 1. The van der Waals surface area contributed by atoms with E-state index in [4.69, 9.17) is 5.11 Å². The number of sulfone groups is 1. The molecule has 0 aliphatic rings. The van der Waals surface area contributed by atoms with Crippen LogP contribution in [0.5, 0.6) is 0 Å². The minimum atomic E-state index is -3.64. The highest BCUT2D eigenvalue weighted by molar-refractivity contribution is 9.10. The molecule has 0 aromatic heterocycles. The quantitative estimate of drug-likeness (QED) is 0.609. The second-order valence-electron chi connectivity index (χ2n) is 4.25. The first-order valence-corrected chi connectivity index (χ1v) is 8.00. The normalized spacial score (nSPS) is 12.9. The van der Waals surface area contributed by atoms with Crippen molar-refractivity contribution < 1.29 is 23.2 Å². The van der Waals surface area contributed by atoms with Crippen molar-refractivity contribution in [1.82, 2.24) is 0 Å². The zero-order valence-electron chi connectivity index (χ0n) is 10.4. The number of aliphatic carboxylic acids is 1. The smallest absolute Gasteiger partial charge is 0.304 e. The third kappa shape index (κ3) is 4.27. The van der Waals surface area contributed by atoms with Gasteiger partial charge in [0.2, 0.25) is 0 Å². The first kappa shape index (κ1) is 16.6. The van der Waals surface area contributed by atoms with Crippen LogP contribution in [0.15, 0.2) is 22.7 Å². The summed E-state index contributed by atoms with van der Waals surface area (Å²) in [6.45, 7) is 1.32. The fraction of sp³-hybridized carbons (Fsp3) is 0.364. The van der Waals surface area contributed by atoms with Crippen molar-refractivity contribution in [3.05, 3.63) is 38.3 Å². The predicted molar refractivity (Wildman–Crippen MR) is 75.1 cm³/mol. The standard InChI is InChI=1S/C11H12BrNO6S/c1-7(4-11(14)15)20(18,19)6-8-2-3-9(13(16)17)5-10(8)12/h2-3,5,7H,4,6H2,1H3,(H,14,15). The Morgan fingerprint density at radius 1 is 1.50 bits per heavy atom. The molecule has 20 heavy (non-hydrogen) atoms. The number of halogens is 1. The summed E-state index contributed by atoms with van der Waals surface area (Å²) in [5, 5.41) is 18.2. The lowest BCUT2D eigenvalue weighted by Crippen LogP contribution is -2.23. The van der Waals surface area contributed by atoms with Crippen molar-refractivity contribution in [1.29, 1.82) is 0 Å². The Bertz CT molecular complexity index is 642. The topological polar surface area (TPSA) is 115 Å². The molecular weight excluding hydrogens is 354 g/mol. The summed E-state index contributed by atoms with van der Waals surface area (Å²) < 4.78 is 24.3. The summed E-state index contributed by atoms with van der Waals surface area (Å²) >= 11 is 3.08. The highest BCUT2D eigenvalue weighted by atomic mass is 79.9. The van der Waals surface area contributed by atoms with Crippen LogP contribution in [0.1, 0.15) is 18.9 Å². The van der Waals surface area contributed by atoms with Crippen LogP contribution < -0.4 is 0 Å². The minimum Gasteiger partial charge on any atom is -0.481 e. The van der Waals surface area contributed by atoms with Gasteiger partial charge in [0, 0.05) is 16.6 Å². The highest BCUT2D eigenvalue weighted by Crippen LogP contribution is 2.26. The lowest BCUT2D eigenvalue weighted by Gasteiger charge is -2.11. The molecule has 7 nitrogen and oxygen atoms in total. The van der Waals surface area contributed by atoms with Crippen molar-refractivity contribution >= 4 is 37.4 Å². The fourth-order valence-corrected chi connectivity index (χ4v) is 3.56. The van der Waals surface area contributed by atoms with Gasteiger partial charge < -0.3 is 5.11 Å². The molecule has 0 aliphatic carbocycles. The number of nitro benzene ring substituents is 1. The van der Waals surface area contributed by atoms with E-state index >= 15 is 0 Å². The van der Waals surface area contributed by atoms with Crippen molar-refractivity contribution in [3.8, 4) is 0 Å². The van der Waals surface area contributed by atoms with Gasteiger partial charge in [0.25, 0.3) is 5.69 Å². The SMILES string of the molecule is CC(CC(=O)O)S(=O)(=O)Cc1ccc([N+](=O)[O-])cc1Br. The molecule has 1 rings (SSSR count). The van der Waals surface area contributed by atoms with Gasteiger partial charge in [-0.3, -0.25) is 14.9 Å². The van der Waals surface area contributed by atoms with Gasteiger partial charge in [-0.25, -0.2) is 8.42 Å². The maximum atomic E-state index is 12.0. The molecule has 0 radical (unpaired) electrons. The second kappa shape index (κ2) is 6.31. The number of rotatable bonds is 6. The fourth-order valence-electron chi connectivity index (χ4n) is 1.50. The Labute approximate surface area is 123 Å². The van der Waals surface area contributed by atoms with Crippen LogP contribution in [-0.4, -0.2) is 29.7 Å². The average Bonchev–Trinajstić information content (AvgIpc) is 2.30. The lowest BCUT2D eigenvalue weighted by molar-refractivity contribution is -0.384. The van der Waals surface area contributed by atoms with Crippen molar-refractivity contribution in [2.75, 3.05) is 0 Å². The van der Waals surface area contributed by atoms with Gasteiger partial charge in [-0.1, -0.05) is 22.0 Å². The maximum absolute atomic E-state index is 12.0. The van der Waals surface area contributed by atoms with E-state index in [1.165, 1.54) is 25.1 Å². The van der Waals surface area contributed by atoms with E-state index in [-0.39, 0.29) is 11.4 Å². The largest absolute Gasteiger partial charge is 0.481 e. The van der Waals surface area contributed by atoms with Gasteiger partial charge in [0.15, 0.2) is 9.84 Å². The molecular formula is C11H12BrNO6S. The summed E-state index contributed by atoms with van der Waals surface area (Å²) in [5.74, 6) is -1.57. The van der Waals surface area contributed by atoms with Crippen LogP contribution in [0.4, 0.5) is 5.69 Å². The van der Waals surface area contributed by atoms with E-state index in [2.05, 4.69) is 15.9 Å². The first-order chi connectivity index (χ1) is 9.13. The molecule has 0 fully saturated rings. The van der Waals surface area contributed by atoms with E-state index < -0.39 is 32.4 Å². The molecule has 1 atom stereocenters. The molecule has 0 aliphatic heterocycles. The molecule has 0 heterocycles. The molecule has 1 N–H and O–H groups in total. The minimum absolute atomic E-state index is 0.156. The molecule has 9 heteroatoms. The van der Waals surface area contributed by atoms with Gasteiger partial charge in [0.1, 0.15) is 0 Å². The van der Waals surface area contributed by atoms with E-state index in [9.17, 15) is 23.3 Å². The van der Waals surface area contributed by atoms with Gasteiger partial charge in [-0.15, -0.1) is 0 Å². The number of carbonyl (C=O) groups is 1. The number of hydrogen-bond acceptors (Lipinski definition) is 5. The van der Waals surface area contributed by atoms with Crippen molar-refractivity contribution in [2.24, 2.45) is 0 Å². The van der Waals surface area contributed by atoms with Crippen LogP contribution in [0, 0.1) is 10.1 Å². The molecule has 0 saturated heterocycles. The Morgan fingerprint density at radius 2 is 2.10 bits per heavy atom. The summed E-state index contributed by atoms with van der Waals surface area (Å²) in [6.07, 6.45) is -0.479. The molecule has 0 spiro atoms. The first-order valence-electron chi connectivity index (χ1n) is 5.49. The van der Waals surface area contributed by atoms with Gasteiger partial charge in [-0.2, -0.15) is 0 Å². The van der Waals surface area contributed by atoms with Gasteiger partial charge >= 0.3 is 5.97 Å². The molecule has 0 bridgehead atoms. The van der Waals surface area contributed by atoms with Crippen LogP contribution in [0.3, 0.4) is 0 Å². The van der Waals surface area contributed by atoms with Gasteiger partial charge in [-0.05, 0) is 12.5 Å². The number of nitrogens with zero attached hydrogens (tertiary/aromatic N) is 1. The Morgan fingerprint density at radius 3 is 2.55 bits per heavy atom. The number of carboxylic acid groups (broad SMARTS) is 1. The summed E-state index contributed by atoms with van der Waals surface area (Å²) in [6, 6.07) is 3.76. The molecule has 1 unspecified atom stereocenters. The zero-order chi connectivity index (χ0) is 15.5. The summed E-state index contributed by atoms with van der Waals surface area (Å²) in [7, 11) is -3.64. The van der Waals surface area contributed by atoms with E-state index in [1.54, 1.807) is 0 Å². The molecule has 1 aromatic carbocycles. The monoisotopic (exact) mass is 365 g/mol. The van der Waals surface area contributed by atoms with E-state index in [0.717, 1.165) is 0 Å². The number of hydrogen-bond donors (Lipinski definition) is 1. The third-order valence-corrected chi connectivity index (χ3v) is 5.52. The van der Waals surface area contributed by atoms with Crippen LogP contribution in [-0.2, 0) is 20.4 Å². The van der Waals surface area contributed by atoms with E-state index in [0.29, 0.717) is 10.0 Å². The zero-order valence-corrected chi connectivity index (χ0v) is 12.8. The molecule has 1 aromatic rings. The van der Waals surface area contributed by atoms with Crippen LogP contribution >= 0.6 is 15.9 Å². The van der Waals surface area contributed by atoms with Crippen LogP contribution in [0.25, 0.3) is 0 Å². The number of carboxylic acids is 1. The van der Waals surface area contributed by atoms with Crippen molar-refractivity contribution in [2.45, 2.75) is 24.3 Å². The van der Waals surface area contributed by atoms with Crippen molar-refractivity contribution in [3.63, 3.8) is 0 Å². The highest BCUT2D eigenvalue weighted by Gasteiger charge is 2.25. The average molecular weight is 366 g/mol. The Kier molecular flexibility index (Phi) is 5.23. The number of non-ortho nitro benzene ring substituents is 1. The van der Waals surface area contributed by atoms with E-state index in [1.807, 2.05) is 0 Å². The lowest BCUT2D eigenvalue weighted by atomic mass is 10.2. The summed E-state index contributed by atoms with van der Waals surface area (Å²) in [5.41, 5.74) is 0.199. The predicted octanol–water partition coefficient (Wildman–Crippen LogP) is 2.14. The van der Waals surface area contributed by atoms with Gasteiger partial charge in [0.05, 0.1) is 22.3 Å².